The van der Waals surface area contributed by atoms with Crippen LogP contribution in [0.25, 0.3) is 0 Å². The first kappa shape index (κ1) is 24.2. The number of benzene rings is 2. The molecule has 0 spiro atoms. The third kappa shape index (κ3) is 4.29. The molecule has 2 aromatic carbocycles. The van der Waals surface area contributed by atoms with Crippen molar-refractivity contribution < 1.29 is 45.7 Å². The summed E-state index contributed by atoms with van der Waals surface area (Å²) in [5, 5.41) is 0. The molecule has 11 heteroatoms. The van der Waals surface area contributed by atoms with E-state index in [1.807, 2.05) is 0 Å². The van der Waals surface area contributed by atoms with Crippen molar-refractivity contribution in [2.24, 2.45) is 0 Å². The molecule has 0 aromatic heterocycles. The molecule has 1 unspecified atom stereocenters. The van der Waals surface area contributed by atoms with E-state index in [9.17, 15) is 26.7 Å². The molecule has 0 radical (unpaired) electrons. The molecule has 0 aliphatic carbocycles. The Morgan fingerprint density at radius 1 is 1.21 bits per heavy atom. The van der Waals surface area contributed by atoms with Gasteiger partial charge in [0.25, 0.3) is 5.91 Å². The van der Waals surface area contributed by atoms with Crippen LogP contribution < -0.4 is 9.47 Å². The Hall–Kier alpha value is -2.92. The highest BCUT2D eigenvalue weighted by atomic mass is 19.4. The highest BCUT2D eigenvalue weighted by molar-refractivity contribution is 5.95. The van der Waals surface area contributed by atoms with E-state index < -0.39 is 41.5 Å². The van der Waals surface area contributed by atoms with Gasteiger partial charge in [0.15, 0.2) is 29.2 Å². The van der Waals surface area contributed by atoms with Crippen LogP contribution in [-0.2, 0) is 15.1 Å². The molecule has 4 rings (SSSR count). The smallest absolute Gasteiger partial charge is 0.425 e. The molecule has 6 nitrogen and oxygen atoms in total. The maximum Gasteiger partial charge on any atom is 0.425 e. The fraction of sp³-hybridized carbons (Fsp3) is 0.435. The number of nitrogens with zero attached hydrogens (tertiary/aromatic N) is 1. The topological polar surface area (TPSA) is 57.2 Å². The van der Waals surface area contributed by atoms with Crippen molar-refractivity contribution in [2.75, 3.05) is 27.0 Å². The molecule has 34 heavy (non-hydrogen) atoms. The highest BCUT2D eigenvalue weighted by Crippen LogP contribution is 2.44. The first-order valence-corrected chi connectivity index (χ1v) is 10.5. The summed E-state index contributed by atoms with van der Waals surface area (Å²) >= 11 is 0. The lowest BCUT2D eigenvalue weighted by Crippen LogP contribution is -2.54. The van der Waals surface area contributed by atoms with E-state index in [1.165, 1.54) is 42.3 Å². The van der Waals surface area contributed by atoms with Gasteiger partial charge in [-0.05, 0) is 31.2 Å². The van der Waals surface area contributed by atoms with Gasteiger partial charge in [-0.15, -0.1) is 0 Å². The lowest BCUT2D eigenvalue weighted by Gasteiger charge is -2.42. The zero-order chi connectivity index (χ0) is 24.7. The SMILES string of the molecule is COc1cc(C(=O)N2CC[C@]3(c4cccc(F)c4F)OCOC3C2)ccc1O[C@H](C)C(F)(F)F. The quantitative estimate of drug-likeness (QED) is 0.585. The van der Waals surface area contributed by atoms with Crippen LogP contribution in [0.3, 0.4) is 0 Å². The third-order valence-electron chi connectivity index (χ3n) is 6.12. The lowest BCUT2D eigenvalue weighted by atomic mass is 9.81. The Bertz CT molecular complexity index is 1080. The highest BCUT2D eigenvalue weighted by Gasteiger charge is 2.52. The predicted molar refractivity (Wildman–Crippen MR) is 109 cm³/mol. The minimum atomic E-state index is -4.57. The van der Waals surface area contributed by atoms with Crippen molar-refractivity contribution in [3.8, 4) is 11.5 Å². The van der Waals surface area contributed by atoms with Crippen molar-refractivity contribution in [3.63, 3.8) is 0 Å². The molecule has 2 saturated heterocycles. The number of rotatable bonds is 5. The molecule has 2 aliphatic heterocycles. The van der Waals surface area contributed by atoms with Gasteiger partial charge in [-0.25, -0.2) is 8.78 Å². The van der Waals surface area contributed by atoms with Crippen LogP contribution in [0.4, 0.5) is 22.0 Å². The normalized spacial score (nSPS) is 23.4. The van der Waals surface area contributed by atoms with Crippen molar-refractivity contribution in [1.29, 1.82) is 0 Å². The second-order valence-electron chi connectivity index (χ2n) is 8.08. The van der Waals surface area contributed by atoms with Crippen LogP contribution >= 0.6 is 0 Å². The molecule has 2 aliphatic rings. The Labute approximate surface area is 192 Å². The number of carbonyl (C=O) groups excluding carboxylic acids is 1. The molecule has 1 amide bonds. The molecule has 0 bridgehead atoms. The van der Waals surface area contributed by atoms with Gasteiger partial charge in [0.05, 0.1) is 13.7 Å². The van der Waals surface area contributed by atoms with E-state index in [2.05, 4.69) is 0 Å². The summed E-state index contributed by atoms with van der Waals surface area (Å²) in [7, 11) is 1.25. The summed E-state index contributed by atoms with van der Waals surface area (Å²) in [6.07, 6.45) is -7.21. The van der Waals surface area contributed by atoms with Gasteiger partial charge < -0.3 is 23.8 Å². The number of amides is 1. The van der Waals surface area contributed by atoms with Crippen molar-refractivity contribution >= 4 is 5.91 Å². The van der Waals surface area contributed by atoms with Crippen LogP contribution in [-0.4, -0.2) is 56.2 Å². The first-order chi connectivity index (χ1) is 16.1. The maximum atomic E-state index is 14.5. The Morgan fingerprint density at radius 3 is 2.68 bits per heavy atom. The van der Waals surface area contributed by atoms with Crippen molar-refractivity contribution in [1.82, 2.24) is 4.90 Å². The van der Waals surface area contributed by atoms with Gasteiger partial charge in [-0.2, -0.15) is 13.2 Å². The summed E-state index contributed by atoms with van der Waals surface area (Å²) in [6, 6.07) is 7.69. The van der Waals surface area contributed by atoms with E-state index in [4.69, 9.17) is 18.9 Å². The van der Waals surface area contributed by atoms with Gasteiger partial charge in [0.1, 0.15) is 18.5 Å². The van der Waals surface area contributed by atoms with E-state index in [0.29, 0.717) is 0 Å². The maximum absolute atomic E-state index is 14.5. The monoisotopic (exact) mass is 487 g/mol. The van der Waals surface area contributed by atoms with Gasteiger partial charge in [0.2, 0.25) is 0 Å². The second kappa shape index (κ2) is 9.03. The number of hydrogen-bond donors (Lipinski definition) is 0. The first-order valence-electron chi connectivity index (χ1n) is 10.5. The Morgan fingerprint density at radius 2 is 1.97 bits per heavy atom. The van der Waals surface area contributed by atoms with E-state index in [0.717, 1.165) is 13.0 Å². The summed E-state index contributed by atoms with van der Waals surface area (Å²) in [4.78, 5) is 14.6. The van der Waals surface area contributed by atoms with Crippen LogP contribution in [0.1, 0.15) is 29.3 Å². The second-order valence-corrected chi connectivity index (χ2v) is 8.08. The number of alkyl halides is 3. The summed E-state index contributed by atoms with van der Waals surface area (Å²) < 4.78 is 88.3. The van der Waals surface area contributed by atoms with Crippen LogP contribution in [0.15, 0.2) is 36.4 Å². The molecule has 2 fully saturated rings. The molecule has 2 heterocycles. The standard InChI is InChI=1S/C23H22F5NO5/c1-13(23(26,27)28)34-17-7-6-14(10-18(17)31-2)21(30)29-9-8-22(19(11-29)32-12-33-22)15-4-3-5-16(24)20(15)25/h3-7,10,13,19H,8-9,11-12H2,1-2H3/t13-,19?,22-/m1/s1. The lowest BCUT2D eigenvalue weighted by molar-refractivity contribution is -0.189. The number of ether oxygens (including phenoxy) is 4. The minimum absolute atomic E-state index is 0.0315. The number of fused-ring (bicyclic) bond motifs is 1. The fourth-order valence-corrected chi connectivity index (χ4v) is 4.21. The zero-order valence-corrected chi connectivity index (χ0v) is 18.3. The van der Waals surface area contributed by atoms with Crippen molar-refractivity contribution in [2.45, 2.75) is 37.3 Å². The number of piperidine rings is 1. The van der Waals surface area contributed by atoms with Crippen LogP contribution in [0.5, 0.6) is 11.5 Å². The average molecular weight is 487 g/mol. The predicted octanol–water partition coefficient (Wildman–Crippen LogP) is 4.42. The van der Waals surface area contributed by atoms with Crippen LogP contribution in [0.2, 0.25) is 0 Å². The van der Waals surface area contributed by atoms with Gasteiger partial charge in [-0.1, -0.05) is 12.1 Å². The number of carbonyl (C=O) groups is 1. The van der Waals surface area contributed by atoms with Gasteiger partial charge in [-0.3, -0.25) is 4.79 Å². The molecule has 184 valence electrons. The van der Waals surface area contributed by atoms with Crippen LogP contribution in [0, 0.1) is 11.6 Å². The molecule has 0 N–H and O–H groups in total. The third-order valence-corrected chi connectivity index (χ3v) is 6.12. The molecule has 0 saturated carbocycles. The Balaban J connectivity index is 1.53. The molecule has 3 atom stereocenters. The fourth-order valence-electron chi connectivity index (χ4n) is 4.21. The number of hydrogen-bond acceptors (Lipinski definition) is 5. The molecular formula is C23H22F5NO5. The largest absolute Gasteiger partial charge is 0.493 e. The summed E-state index contributed by atoms with van der Waals surface area (Å²) in [6.45, 7) is 0.921. The van der Waals surface area contributed by atoms with E-state index >= 15 is 0 Å². The summed E-state index contributed by atoms with van der Waals surface area (Å²) in [5.74, 6) is -2.65. The number of likely N-dealkylation sites (tertiary alicyclic amines) is 1. The average Bonchev–Trinajstić information content (AvgIpc) is 3.24. The minimum Gasteiger partial charge on any atom is -0.493 e. The van der Waals surface area contributed by atoms with Gasteiger partial charge >= 0.3 is 6.18 Å². The van der Waals surface area contributed by atoms with Crippen molar-refractivity contribution in [3.05, 3.63) is 59.2 Å². The number of methoxy groups -OCH3 is 1. The van der Waals surface area contributed by atoms with Gasteiger partial charge in [0, 0.05) is 24.1 Å². The Kier molecular flexibility index (Phi) is 6.43. The summed E-state index contributed by atoms with van der Waals surface area (Å²) in [5.41, 5.74) is -1.04. The molecule has 2 aromatic rings. The van der Waals surface area contributed by atoms with E-state index in [1.54, 1.807) is 0 Å². The number of halogens is 5. The molecular weight excluding hydrogens is 465 g/mol. The zero-order valence-electron chi connectivity index (χ0n) is 18.3. The van der Waals surface area contributed by atoms with E-state index in [-0.39, 0.29) is 48.9 Å².